The van der Waals surface area contributed by atoms with Crippen LogP contribution in [0.25, 0.3) is 11.0 Å². The molecule has 0 aliphatic rings. The van der Waals surface area contributed by atoms with Gasteiger partial charge in [0.1, 0.15) is 5.75 Å². The summed E-state index contributed by atoms with van der Waals surface area (Å²) in [6, 6.07) is 19.7. The number of amides is 1. The molecule has 8 nitrogen and oxygen atoms in total. The summed E-state index contributed by atoms with van der Waals surface area (Å²) < 4.78 is 48.6. The van der Waals surface area contributed by atoms with E-state index in [9.17, 15) is 27.6 Å². The molecule has 0 aliphatic carbocycles. The van der Waals surface area contributed by atoms with E-state index in [2.05, 4.69) is 0 Å². The molecular weight excluding hydrogens is 585 g/mol. The van der Waals surface area contributed by atoms with Gasteiger partial charge in [-0.1, -0.05) is 63.2 Å². The molecule has 0 spiro atoms. The number of nitrogens with one attached hydrogen (secondary N) is 1. The number of ether oxygens (including phenoxy) is 1. The Bertz CT molecular complexity index is 1830. The summed E-state index contributed by atoms with van der Waals surface area (Å²) in [7, 11) is 3.01. The number of ketones is 1. The third kappa shape index (κ3) is 6.72. The average Bonchev–Trinajstić information content (AvgIpc) is 3.21. The van der Waals surface area contributed by atoms with Gasteiger partial charge in [-0.05, 0) is 49.1 Å². The smallest absolute Gasteiger partial charge is 0.419 e. The molecule has 0 saturated heterocycles. The standard InChI is InChI=1S/C34H37F3N4O4/c1-32(2,3)23-17-22(18-24(33(4,5)29(43)39(6)7)28(23)45-30(44)34(35,36)37)27(42)20-41-26-16-12-11-15-25(26)40(31(41)38)19-21-13-9-8-10-14-21/h8-18,38H,19-20H2,1-7H3. The zero-order valence-corrected chi connectivity index (χ0v) is 26.4. The van der Waals surface area contributed by atoms with Gasteiger partial charge in [0, 0.05) is 30.8 Å². The van der Waals surface area contributed by atoms with Crippen LogP contribution in [0.3, 0.4) is 0 Å². The van der Waals surface area contributed by atoms with Crippen LogP contribution < -0.4 is 10.4 Å². The number of likely N-dealkylation sites (N-methyl/N-ethyl adjacent to an activating group) is 1. The highest BCUT2D eigenvalue weighted by Gasteiger charge is 2.44. The molecule has 1 amide bonds. The Labute approximate surface area is 259 Å². The minimum absolute atomic E-state index is 0.0304. The van der Waals surface area contributed by atoms with Crippen molar-refractivity contribution in [3.05, 3.63) is 94.6 Å². The molecule has 4 aromatic rings. The topological polar surface area (TPSA) is 97.4 Å². The zero-order chi connectivity index (χ0) is 33.5. The van der Waals surface area contributed by atoms with E-state index in [0.717, 1.165) is 11.1 Å². The molecule has 0 aliphatic heterocycles. The number of carbonyl (C=O) groups is 3. The first kappa shape index (κ1) is 33.2. The molecule has 238 valence electrons. The third-order valence-corrected chi connectivity index (χ3v) is 7.72. The summed E-state index contributed by atoms with van der Waals surface area (Å²) in [6.45, 7) is 8.28. The van der Waals surface area contributed by atoms with Crippen molar-refractivity contribution in [2.24, 2.45) is 0 Å². The number of Topliss-reactive ketones (excluding diaryl/α,β-unsaturated/α-hetero) is 1. The predicted octanol–water partition coefficient (Wildman–Crippen LogP) is 5.98. The van der Waals surface area contributed by atoms with E-state index in [1.54, 1.807) is 29.9 Å². The number of carbonyl (C=O) groups excluding carboxylic acids is 3. The number of nitrogens with zero attached hydrogens (tertiary/aromatic N) is 3. The van der Waals surface area contributed by atoms with Crippen molar-refractivity contribution in [3.8, 4) is 5.75 Å². The van der Waals surface area contributed by atoms with Crippen LogP contribution in [0.5, 0.6) is 5.75 Å². The Hall–Kier alpha value is -4.67. The number of para-hydroxylation sites is 2. The van der Waals surface area contributed by atoms with Crippen LogP contribution in [0.1, 0.15) is 61.7 Å². The summed E-state index contributed by atoms with van der Waals surface area (Å²) in [5.74, 6) is -3.75. The number of benzene rings is 3. The van der Waals surface area contributed by atoms with Crippen molar-refractivity contribution in [1.29, 1.82) is 5.41 Å². The van der Waals surface area contributed by atoms with E-state index in [-0.39, 0.29) is 28.9 Å². The summed E-state index contributed by atoms with van der Waals surface area (Å²) in [5, 5.41) is 9.00. The maximum atomic E-state index is 14.0. The quantitative estimate of drug-likeness (QED) is 0.148. The number of alkyl halides is 3. The normalized spacial score (nSPS) is 12.3. The van der Waals surface area contributed by atoms with Crippen LogP contribution in [-0.2, 0) is 33.5 Å². The number of rotatable bonds is 8. The monoisotopic (exact) mass is 622 g/mol. The van der Waals surface area contributed by atoms with Gasteiger partial charge < -0.3 is 18.8 Å². The van der Waals surface area contributed by atoms with Crippen molar-refractivity contribution in [3.63, 3.8) is 0 Å². The van der Waals surface area contributed by atoms with Gasteiger partial charge >= 0.3 is 12.1 Å². The van der Waals surface area contributed by atoms with Crippen molar-refractivity contribution < 1.29 is 32.3 Å². The van der Waals surface area contributed by atoms with Gasteiger partial charge in [0.25, 0.3) is 0 Å². The van der Waals surface area contributed by atoms with Gasteiger partial charge in [0.15, 0.2) is 5.78 Å². The number of halogens is 3. The highest BCUT2D eigenvalue weighted by molar-refractivity contribution is 5.99. The van der Waals surface area contributed by atoms with Crippen molar-refractivity contribution in [2.45, 2.75) is 64.7 Å². The first-order valence-electron chi connectivity index (χ1n) is 14.3. The fourth-order valence-corrected chi connectivity index (χ4v) is 5.36. The van der Waals surface area contributed by atoms with Crippen LogP contribution in [0, 0.1) is 5.41 Å². The van der Waals surface area contributed by atoms with Crippen LogP contribution in [0.2, 0.25) is 0 Å². The fourth-order valence-electron chi connectivity index (χ4n) is 5.36. The summed E-state index contributed by atoms with van der Waals surface area (Å²) in [6.07, 6.45) is -5.29. The first-order valence-corrected chi connectivity index (χ1v) is 14.3. The molecule has 11 heteroatoms. The first-order chi connectivity index (χ1) is 20.8. The number of aromatic nitrogens is 2. The largest absolute Gasteiger partial charge is 0.491 e. The van der Waals surface area contributed by atoms with Gasteiger partial charge in [0.2, 0.25) is 11.5 Å². The molecule has 1 heterocycles. The fraction of sp³-hybridized carbons (Fsp3) is 0.353. The van der Waals surface area contributed by atoms with Crippen LogP contribution >= 0.6 is 0 Å². The minimum atomic E-state index is -5.29. The number of hydrogen-bond acceptors (Lipinski definition) is 5. The maximum absolute atomic E-state index is 14.0. The van der Waals surface area contributed by atoms with E-state index in [4.69, 9.17) is 10.1 Å². The second kappa shape index (κ2) is 12.0. The number of imidazole rings is 1. The zero-order valence-electron chi connectivity index (χ0n) is 26.4. The van der Waals surface area contributed by atoms with Crippen LogP contribution in [0.15, 0.2) is 66.7 Å². The highest BCUT2D eigenvalue weighted by Crippen LogP contribution is 2.42. The number of hydrogen-bond donors (Lipinski definition) is 1. The van der Waals surface area contributed by atoms with Crippen molar-refractivity contribution in [2.75, 3.05) is 14.1 Å². The molecule has 1 aromatic heterocycles. The second-order valence-electron chi connectivity index (χ2n) is 12.8. The van der Waals surface area contributed by atoms with E-state index in [1.807, 2.05) is 54.6 Å². The van der Waals surface area contributed by atoms with E-state index >= 15 is 0 Å². The molecule has 0 fully saturated rings. The van der Waals surface area contributed by atoms with Crippen LogP contribution in [-0.4, -0.2) is 52.0 Å². The third-order valence-electron chi connectivity index (χ3n) is 7.72. The number of esters is 1. The Morgan fingerprint density at radius 2 is 1.36 bits per heavy atom. The Kier molecular flexibility index (Phi) is 8.88. The van der Waals surface area contributed by atoms with Gasteiger partial charge in [-0.25, -0.2) is 4.79 Å². The molecule has 1 N–H and O–H groups in total. The van der Waals surface area contributed by atoms with Crippen molar-refractivity contribution >= 4 is 28.7 Å². The van der Waals surface area contributed by atoms with Crippen molar-refractivity contribution in [1.82, 2.24) is 14.0 Å². The molecule has 0 atom stereocenters. The summed E-state index contributed by atoms with van der Waals surface area (Å²) in [4.78, 5) is 40.8. The Balaban J connectivity index is 1.90. The van der Waals surface area contributed by atoms with Gasteiger partial charge in [-0.3, -0.25) is 15.0 Å². The lowest BCUT2D eigenvalue weighted by atomic mass is 9.76. The molecule has 45 heavy (non-hydrogen) atoms. The molecule has 0 saturated carbocycles. The average molecular weight is 623 g/mol. The molecule has 0 unspecified atom stereocenters. The number of fused-ring (bicyclic) bond motifs is 1. The lowest BCUT2D eigenvalue weighted by molar-refractivity contribution is -0.189. The van der Waals surface area contributed by atoms with Gasteiger partial charge in [-0.15, -0.1) is 0 Å². The summed E-state index contributed by atoms with van der Waals surface area (Å²) >= 11 is 0. The molecule has 3 aromatic carbocycles. The molecular formula is C34H37F3N4O4. The second-order valence-corrected chi connectivity index (χ2v) is 12.8. The lowest BCUT2D eigenvalue weighted by Crippen LogP contribution is -2.40. The Morgan fingerprint density at radius 1 is 0.822 bits per heavy atom. The van der Waals surface area contributed by atoms with E-state index in [0.29, 0.717) is 12.1 Å². The predicted molar refractivity (Wildman–Crippen MR) is 164 cm³/mol. The summed E-state index contributed by atoms with van der Waals surface area (Å²) in [5.41, 5.74) is 0.311. The van der Waals surface area contributed by atoms with Gasteiger partial charge in [0.05, 0.1) is 29.5 Å². The molecule has 0 bridgehead atoms. The van der Waals surface area contributed by atoms with E-state index < -0.39 is 40.4 Å². The highest BCUT2D eigenvalue weighted by atomic mass is 19.4. The molecule has 0 radical (unpaired) electrons. The SMILES string of the molecule is CN(C)C(=O)C(C)(C)c1cc(C(=O)Cn2c(=N)n(Cc3ccccc3)c3ccccc32)cc(C(C)(C)C)c1OC(=O)C(F)(F)F. The maximum Gasteiger partial charge on any atom is 0.491 e. The lowest BCUT2D eigenvalue weighted by Gasteiger charge is -2.33. The minimum Gasteiger partial charge on any atom is -0.419 e. The van der Waals surface area contributed by atoms with E-state index in [1.165, 1.54) is 45.0 Å². The van der Waals surface area contributed by atoms with Crippen LogP contribution in [0.4, 0.5) is 13.2 Å². The molecule has 4 rings (SSSR count). The van der Waals surface area contributed by atoms with Gasteiger partial charge in [-0.2, -0.15) is 13.2 Å². The Morgan fingerprint density at radius 3 is 1.89 bits per heavy atom.